The number of aromatic nitrogens is 5. The second-order valence-corrected chi connectivity index (χ2v) is 10.9. The zero-order chi connectivity index (χ0) is 28.7. The summed E-state index contributed by atoms with van der Waals surface area (Å²) in [6, 6.07) is 7.79. The molecule has 1 aliphatic rings. The standard InChI is InChI=1S/C29H31ClFN7O2/c1-6-24(39)35-11-12-36(19(5)16-35)26-21-13-22(30)25(20-9-7-8-10-23(20)31)33-27(21)38(29(40)34-26)28-18(4)14-32-37(28)15-17(2)3/h6-10,13-14,17,19H,1,11-12,15-16H2,2-5H3/t19-/m0/s1. The average Bonchev–Trinajstić information content (AvgIpc) is 3.26. The van der Waals surface area contributed by atoms with E-state index in [2.05, 4.69) is 30.5 Å². The first kappa shape index (κ1) is 27.5. The zero-order valence-corrected chi connectivity index (χ0v) is 23.7. The number of fused-ring (bicyclic) bond motifs is 1. The van der Waals surface area contributed by atoms with E-state index in [9.17, 15) is 14.0 Å². The first-order valence-electron chi connectivity index (χ1n) is 13.2. The summed E-state index contributed by atoms with van der Waals surface area (Å²) >= 11 is 6.74. The molecule has 4 aromatic rings. The number of nitrogens with zero attached hydrogens (tertiary/aromatic N) is 7. The van der Waals surface area contributed by atoms with Gasteiger partial charge < -0.3 is 9.80 Å². The lowest BCUT2D eigenvalue weighted by molar-refractivity contribution is -0.126. The molecule has 0 spiro atoms. The number of hydrogen-bond acceptors (Lipinski definition) is 6. The summed E-state index contributed by atoms with van der Waals surface area (Å²) in [6.07, 6.45) is 3.00. The maximum absolute atomic E-state index is 14.9. The molecule has 0 saturated carbocycles. The largest absolute Gasteiger partial charge is 0.357 e. The second kappa shape index (κ2) is 10.8. The molecule has 3 aromatic heterocycles. The maximum atomic E-state index is 14.9. The third kappa shape index (κ3) is 4.88. The van der Waals surface area contributed by atoms with Gasteiger partial charge in [0.05, 0.1) is 22.3 Å². The zero-order valence-electron chi connectivity index (χ0n) is 22.9. The summed E-state index contributed by atoms with van der Waals surface area (Å²) in [5.74, 6) is 0.604. The highest BCUT2D eigenvalue weighted by Gasteiger charge is 2.30. The average molecular weight is 564 g/mol. The van der Waals surface area contributed by atoms with Crippen molar-refractivity contribution in [1.82, 2.24) is 29.2 Å². The van der Waals surface area contributed by atoms with Crippen molar-refractivity contribution >= 4 is 34.4 Å². The van der Waals surface area contributed by atoms with Crippen LogP contribution in [0.2, 0.25) is 5.02 Å². The molecule has 5 rings (SSSR count). The molecule has 9 nitrogen and oxygen atoms in total. The Hall–Kier alpha value is -4.05. The van der Waals surface area contributed by atoms with Gasteiger partial charge in [-0.05, 0) is 44.0 Å². The molecule has 0 radical (unpaired) electrons. The van der Waals surface area contributed by atoms with Crippen LogP contribution in [0, 0.1) is 18.7 Å². The van der Waals surface area contributed by atoms with Gasteiger partial charge in [-0.2, -0.15) is 10.1 Å². The number of aryl methyl sites for hydroxylation is 1. The fourth-order valence-electron chi connectivity index (χ4n) is 5.20. The number of piperazine rings is 1. The molecule has 0 bridgehead atoms. The Morgan fingerprint density at radius 1 is 1.25 bits per heavy atom. The molecule has 1 amide bonds. The van der Waals surface area contributed by atoms with Crippen molar-refractivity contribution in [3.63, 3.8) is 0 Å². The Bertz CT molecular complexity index is 1680. The predicted molar refractivity (Wildman–Crippen MR) is 154 cm³/mol. The number of carbonyl (C=O) groups excluding carboxylic acids is 1. The molecule has 1 aromatic carbocycles. The number of halogens is 2. The third-order valence-corrected chi connectivity index (χ3v) is 7.34. The van der Waals surface area contributed by atoms with E-state index >= 15 is 0 Å². The molecule has 4 heterocycles. The highest BCUT2D eigenvalue weighted by molar-refractivity contribution is 6.33. The molecule has 1 atom stereocenters. The first-order chi connectivity index (χ1) is 19.1. The highest BCUT2D eigenvalue weighted by Crippen LogP contribution is 2.35. The minimum Gasteiger partial charge on any atom is -0.350 e. The van der Waals surface area contributed by atoms with Crippen molar-refractivity contribution in [2.24, 2.45) is 5.92 Å². The first-order valence-corrected chi connectivity index (χ1v) is 13.6. The lowest BCUT2D eigenvalue weighted by Gasteiger charge is -2.40. The van der Waals surface area contributed by atoms with Crippen LogP contribution >= 0.6 is 11.6 Å². The molecular formula is C29H31ClFN7O2. The molecule has 1 aliphatic heterocycles. The van der Waals surface area contributed by atoms with Gasteiger partial charge in [0.1, 0.15) is 17.5 Å². The van der Waals surface area contributed by atoms with Gasteiger partial charge in [-0.15, -0.1) is 0 Å². The Labute approximate surface area is 236 Å². The fraction of sp³-hybridized carbons (Fsp3) is 0.345. The van der Waals surface area contributed by atoms with Crippen molar-refractivity contribution in [3.8, 4) is 17.1 Å². The molecule has 0 N–H and O–H groups in total. The Morgan fingerprint density at radius 2 is 2.00 bits per heavy atom. The van der Waals surface area contributed by atoms with Crippen LogP contribution in [0.15, 0.2) is 54.0 Å². The normalized spacial score (nSPS) is 15.7. The molecular weight excluding hydrogens is 533 g/mol. The van der Waals surface area contributed by atoms with Crippen molar-refractivity contribution in [2.45, 2.75) is 40.3 Å². The monoisotopic (exact) mass is 563 g/mol. The van der Waals surface area contributed by atoms with Crippen LogP contribution < -0.4 is 10.6 Å². The van der Waals surface area contributed by atoms with Gasteiger partial charge in [0, 0.05) is 43.3 Å². The quantitative estimate of drug-likeness (QED) is 0.318. The van der Waals surface area contributed by atoms with E-state index in [4.69, 9.17) is 16.6 Å². The summed E-state index contributed by atoms with van der Waals surface area (Å²) in [7, 11) is 0. The van der Waals surface area contributed by atoms with Crippen molar-refractivity contribution < 1.29 is 9.18 Å². The van der Waals surface area contributed by atoms with Gasteiger partial charge in [0.25, 0.3) is 0 Å². The molecule has 1 fully saturated rings. The smallest absolute Gasteiger partial charge is 0.350 e. The van der Waals surface area contributed by atoms with Gasteiger partial charge in [0.2, 0.25) is 5.91 Å². The van der Waals surface area contributed by atoms with Crippen LogP contribution in [-0.4, -0.2) is 60.8 Å². The maximum Gasteiger partial charge on any atom is 0.357 e. The molecule has 11 heteroatoms. The van der Waals surface area contributed by atoms with Gasteiger partial charge in [-0.3, -0.25) is 4.79 Å². The number of rotatable bonds is 6. The summed E-state index contributed by atoms with van der Waals surface area (Å²) in [5, 5.41) is 5.28. The number of anilines is 1. The number of carbonyl (C=O) groups is 1. The predicted octanol–water partition coefficient (Wildman–Crippen LogP) is 4.62. The lowest BCUT2D eigenvalue weighted by Crippen LogP contribution is -2.54. The van der Waals surface area contributed by atoms with Gasteiger partial charge in [-0.25, -0.2) is 23.4 Å². The topological polar surface area (TPSA) is 89.2 Å². The molecule has 1 saturated heterocycles. The van der Waals surface area contributed by atoms with E-state index in [-0.39, 0.29) is 34.1 Å². The Morgan fingerprint density at radius 3 is 2.67 bits per heavy atom. The summed E-state index contributed by atoms with van der Waals surface area (Å²) in [4.78, 5) is 39.2. The van der Waals surface area contributed by atoms with Crippen molar-refractivity contribution in [3.05, 3.63) is 76.1 Å². The highest BCUT2D eigenvalue weighted by atomic mass is 35.5. The summed E-state index contributed by atoms with van der Waals surface area (Å²) in [6.45, 7) is 13.5. The van der Waals surface area contributed by atoms with Gasteiger partial charge in [0.15, 0.2) is 5.65 Å². The second-order valence-electron chi connectivity index (χ2n) is 10.5. The van der Waals surface area contributed by atoms with Crippen LogP contribution in [0.5, 0.6) is 0 Å². The van der Waals surface area contributed by atoms with Crippen LogP contribution in [-0.2, 0) is 11.3 Å². The van der Waals surface area contributed by atoms with Crippen molar-refractivity contribution in [2.75, 3.05) is 24.5 Å². The number of pyridine rings is 1. The van der Waals surface area contributed by atoms with Crippen LogP contribution in [0.1, 0.15) is 26.3 Å². The van der Waals surface area contributed by atoms with Crippen molar-refractivity contribution in [1.29, 1.82) is 0 Å². The SMILES string of the molecule is C=CC(=O)N1CCN(c2nc(=O)n(-c3c(C)cnn3CC(C)C)c3nc(-c4ccccc4F)c(Cl)cc23)[C@@H](C)C1. The Kier molecular flexibility index (Phi) is 7.46. The third-order valence-electron chi connectivity index (χ3n) is 7.05. The molecule has 208 valence electrons. The van der Waals surface area contributed by atoms with E-state index in [0.29, 0.717) is 48.8 Å². The van der Waals surface area contributed by atoms with Crippen LogP contribution in [0.25, 0.3) is 28.1 Å². The Balaban J connectivity index is 1.78. The van der Waals surface area contributed by atoms with E-state index in [1.165, 1.54) is 16.7 Å². The minimum atomic E-state index is -0.540. The molecule has 0 aliphatic carbocycles. The fourth-order valence-corrected chi connectivity index (χ4v) is 5.46. The van der Waals surface area contributed by atoms with Crippen LogP contribution in [0.4, 0.5) is 10.2 Å². The minimum absolute atomic E-state index is 0.145. The number of benzene rings is 1. The molecule has 0 unspecified atom stereocenters. The van der Waals surface area contributed by atoms with E-state index in [1.54, 1.807) is 40.0 Å². The van der Waals surface area contributed by atoms with E-state index in [0.717, 1.165) is 5.56 Å². The summed E-state index contributed by atoms with van der Waals surface area (Å²) in [5.41, 5.74) is 0.974. The lowest BCUT2D eigenvalue weighted by atomic mass is 10.1. The number of hydrogen-bond donors (Lipinski definition) is 0. The van der Waals surface area contributed by atoms with E-state index < -0.39 is 11.5 Å². The van der Waals surface area contributed by atoms with Gasteiger partial charge in [-0.1, -0.05) is 44.2 Å². The number of amides is 1. The van der Waals surface area contributed by atoms with Gasteiger partial charge >= 0.3 is 5.69 Å². The molecule has 40 heavy (non-hydrogen) atoms. The summed E-state index contributed by atoms with van der Waals surface area (Å²) < 4.78 is 18.1. The van der Waals surface area contributed by atoms with Crippen LogP contribution in [0.3, 0.4) is 0 Å². The van der Waals surface area contributed by atoms with E-state index in [1.807, 2.05) is 18.7 Å².